The Kier molecular flexibility index (Phi) is 7.73. The summed E-state index contributed by atoms with van der Waals surface area (Å²) in [7, 11) is 1.57. The molecular formula is C15H19BrNO5-. The fourth-order valence-corrected chi connectivity index (χ4v) is 2.46. The summed E-state index contributed by atoms with van der Waals surface area (Å²) in [6, 6.07) is 3.75. The minimum Gasteiger partial charge on any atom is -0.550 e. The molecule has 1 N–H and O–H groups in total. The SMILES string of the molecule is CCOc1c(Br)cc(CCNC(=O)CCC(=O)[O-])cc1OC. The molecule has 1 amide bonds. The van der Waals surface area contributed by atoms with E-state index in [0.717, 1.165) is 10.0 Å². The van der Waals surface area contributed by atoms with Crippen molar-refractivity contribution in [2.24, 2.45) is 0 Å². The second-order valence-electron chi connectivity index (χ2n) is 4.51. The normalized spacial score (nSPS) is 10.1. The lowest BCUT2D eigenvalue weighted by atomic mass is 10.1. The van der Waals surface area contributed by atoms with Gasteiger partial charge in [-0.3, -0.25) is 4.79 Å². The summed E-state index contributed by atoms with van der Waals surface area (Å²) < 4.78 is 11.6. The molecule has 6 nitrogen and oxygen atoms in total. The fraction of sp³-hybridized carbons (Fsp3) is 0.467. The summed E-state index contributed by atoms with van der Waals surface area (Å²) in [6.45, 7) is 2.83. The van der Waals surface area contributed by atoms with Gasteiger partial charge >= 0.3 is 0 Å². The first-order valence-corrected chi connectivity index (χ1v) is 7.73. The van der Waals surface area contributed by atoms with Crippen LogP contribution in [0, 0.1) is 0 Å². The maximum Gasteiger partial charge on any atom is 0.220 e. The first-order chi connectivity index (χ1) is 10.5. The number of halogens is 1. The Balaban J connectivity index is 2.57. The number of carbonyl (C=O) groups excluding carboxylic acids is 2. The number of methoxy groups -OCH3 is 1. The van der Waals surface area contributed by atoms with Crippen molar-refractivity contribution in [3.8, 4) is 11.5 Å². The summed E-state index contributed by atoms with van der Waals surface area (Å²) >= 11 is 3.44. The molecule has 22 heavy (non-hydrogen) atoms. The van der Waals surface area contributed by atoms with Crippen molar-refractivity contribution in [1.82, 2.24) is 5.32 Å². The van der Waals surface area contributed by atoms with Gasteiger partial charge in [0.1, 0.15) is 0 Å². The highest BCUT2D eigenvalue weighted by Gasteiger charge is 2.11. The van der Waals surface area contributed by atoms with Crippen LogP contribution in [0.3, 0.4) is 0 Å². The molecule has 0 saturated carbocycles. The average Bonchev–Trinajstić information content (AvgIpc) is 2.47. The van der Waals surface area contributed by atoms with Crippen LogP contribution in [0.25, 0.3) is 0 Å². The second-order valence-corrected chi connectivity index (χ2v) is 5.37. The fourth-order valence-electron chi connectivity index (χ4n) is 1.85. The number of benzene rings is 1. The van der Waals surface area contributed by atoms with E-state index in [1.54, 1.807) is 7.11 Å². The maximum absolute atomic E-state index is 11.4. The number of nitrogens with one attached hydrogen (secondary N) is 1. The van der Waals surface area contributed by atoms with Crippen molar-refractivity contribution >= 4 is 27.8 Å². The van der Waals surface area contributed by atoms with E-state index in [-0.39, 0.29) is 18.7 Å². The second kappa shape index (κ2) is 9.30. The molecule has 0 bridgehead atoms. The van der Waals surface area contributed by atoms with Crippen molar-refractivity contribution in [3.05, 3.63) is 22.2 Å². The third kappa shape index (κ3) is 5.93. The van der Waals surface area contributed by atoms with Gasteiger partial charge in [-0.25, -0.2) is 0 Å². The Labute approximate surface area is 137 Å². The van der Waals surface area contributed by atoms with Gasteiger partial charge in [-0.15, -0.1) is 0 Å². The highest BCUT2D eigenvalue weighted by Crippen LogP contribution is 2.36. The zero-order valence-electron chi connectivity index (χ0n) is 12.6. The highest BCUT2D eigenvalue weighted by atomic mass is 79.9. The minimum absolute atomic E-state index is 0.0708. The third-order valence-electron chi connectivity index (χ3n) is 2.87. The molecule has 0 spiro atoms. The molecule has 1 aromatic carbocycles. The maximum atomic E-state index is 11.4. The van der Waals surface area contributed by atoms with Gasteiger partial charge in [0.2, 0.25) is 5.91 Å². The zero-order valence-corrected chi connectivity index (χ0v) is 14.2. The number of carboxylic acid groups (broad SMARTS) is 1. The molecule has 0 unspecified atom stereocenters. The average molecular weight is 373 g/mol. The molecule has 0 saturated heterocycles. The van der Waals surface area contributed by atoms with Crippen LogP contribution in [-0.4, -0.2) is 32.1 Å². The van der Waals surface area contributed by atoms with Gasteiger partial charge in [-0.1, -0.05) is 0 Å². The summed E-state index contributed by atoms with van der Waals surface area (Å²) in [4.78, 5) is 21.7. The molecule has 1 aromatic rings. The Hall–Kier alpha value is -1.76. The number of ether oxygens (including phenoxy) is 2. The van der Waals surface area contributed by atoms with Crippen LogP contribution in [0.1, 0.15) is 25.3 Å². The predicted molar refractivity (Wildman–Crippen MR) is 82.8 cm³/mol. The molecule has 0 heterocycles. The number of amides is 1. The van der Waals surface area contributed by atoms with Crippen LogP contribution in [0.4, 0.5) is 0 Å². The number of rotatable bonds is 9. The van der Waals surface area contributed by atoms with E-state index < -0.39 is 5.97 Å². The van der Waals surface area contributed by atoms with E-state index in [0.29, 0.717) is 31.1 Å². The Bertz CT molecular complexity index is 533. The molecule has 0 aliphatic rings. The lowest BCUT2D eigenvalue weighted by Crippen LogP contribution is -2.29. The molecule has 0 aromatic heterocycles. The zero-order chi connectivity index (χ0) is 16.5. The van der Waals surface area contributed by atoms with Gasteiger partial charge in [-0.2, -0.15) is 0 Å². The number of hydrogen-bond donors (Lipinski definition) is 1. The third-order valence-corrected chi connectivity index (χ3v) is 3.46. The van der Waals surface area contributed by atoms with Gasteiger partial charge < -0.3 is 24.7 Å². The van der Waals surface area contributed by atoms with E-state index in [2.05, 4.69) is 21.2 Å². The van der Waals surface area contributed by atoms with E-state index in [1.165, 1.54) is 0 Å². The minimum atomic E-state index is -1.23. The summed E-state index contributed by atoms with van der Waals surface area (Å²) in [5, 5.41) is 12.9. The molecule has 7 heteroatoms. The first kappa shape index (κ1) is 18.3. The molecule has 0 atom stereocenters. The number of aliphatic carboxylic acids is 1. The lowest BCUT2D eigenvalue weighted by molar-refractivity contribution is -0.305. The standard InChI is InChI=1S/C15H20BrNO5/c1-3-22-15-11(16)8-10(9-12(15)21-2)6-7-17-13(18)4-5-14(19)20/h8-9H,3-7H2,1-2H3,(H,17,18)(H,19,20)/p-1. The van der Waals surface area contributed by atoms with Crippen molar-refractivity contribution in [3.63, 3.8) is 0 Å². The Morgan fingerprint density at radius 1 is 1.32 bits per heavy atom. The summed E-state index contributed by atoms with van der Waals surface area (Å²) in [5.74, 6) is -0.266. The largest absolute Gasteiger partial charge is 0.550 e. The number of carbonyl (C=O) groups is 2. The van der Waals surface area contributed by atoms with Crippen LogP contribution >= 0.6 is 15.9 Å². The molecule has 0 aliphatic carbocycles. The molecule has 0 fully saturated rings. The lowest BCUT2D eigenvalue weighted by Gasteiger charge is -2.13. The van der Waals surface area contributed by atoms with Crippen LogP contribution in [0.5, 0.6) is 11.5 Å². The van der Waals surface area contributed by atoms with E-state index in [9.17, 15) is 14.7 Å². The van der Waals surface area contributed by atoms with Crippen LogP contribution < -0.4 is 19.9 Å². The van der Waals surface area contributed by atoms with Gasteiger partial charge in [0.05, 0.1) is 18.2 Å². The molecule has 0 aliphatic heterocycles. The van der Waals surface area contributed by atoms with Crippen molar-refractivity contribution in [2.45, 2.75) is 26.2 Å². The van der Waals surface area contributed by atoms with Crippen LogP contribution in [0.2, 0.25) is 0 Å². The topological polar surface area (TPSA) is 87.7 Å². The molecular weight excluding hydrogens is 354 g/mol. The highest BCUT2D eigenvalue weighted by molar-refractivity contribution is 9.10. The van der Waals surface area contributed by atoms with Crippen molar-refractivity contribution < 1.29 is 24.2 Å². The summed E-state index contributed by atoms with van der Waals surface area (Å²) in [6.07, 6.45) is 0.255. The van der Waals surface area contributed by atoms with Gasteiger partial charge in [0.25, 0.3) is 0 Å². The van der Waals surface area contributed by atoms with Gasteiger partial charge in [0.15, 0.2) is 11.5 Å². The molecule has 1 rings (SSSR count). The Morgan fingerprint density at radius 2 is 2.05 bits per heavy atom. The van der Waals surface area contributed by atoms with Gasteiger partial charge in [0, 0.05) is 18.9 Å². The van der Waals surface area contributed by atoms with Crippen molar-refractivity contribution in [1.29, 1.82) is 0 Å². The first-order valence-electron chi connectivity index (χ1n) is 6.93. The Morgan fingerprint density at radius 3 is 2.64 bits per heavy atom. The quantitative estimate of drug-likeness (QED) is 0.699. The van der Waals surface area contributed by atoms with Crippen LogP contribution in [-0.2, 0) is 16.0 Å². The predicted octanol–water partition coefficient (Wildman–Crippen LogP) is 1.05. The van der Waals surface area contributed by atoms with E-state index in [1.807, 2.05) is 19.1 Å². The van der Waals surface area contributed by atoms with Crippen molar-refractivity contribution in [2.75, 3.05) is 20.3 Å². The molecule has 122 valence electrons. The summed E-state index contributed by atoms with van der Waals surface area (Å²) in [5.41, 5.74) is 0.965. The number of carboxylic acids is 1. The molecule has 0 radical (unpaired) electrons. The van der Waals surface area contributed by atoms with E-state index >= 15 is 0 Å². The number of hydrogen-bond acceptors (Lipinski definition) is 5. The van der Waals surface area contributed by atoms with Gasteiger partial charge in [-0.05, 0) is 53.4 Å². The van der Waals surface area contributed by atoms with Crippen LogP contribution in [0.15, 0.2) is 16.6 Å². The van der Waals surface area contributed by atoms with E-state index in [4.69, 9.17) is 9.47 Å². The monoisotopic (exact) mass is 372 g/mol. The smallest absolute Gasteiger partial charge is 0.220 e.